The van der Waals surface area contributed by atoms with E-state index in [4.69, 9.17) is 4.42 Å². The van der Waals surface area contributed by atoms with Crippen LogP contribution in [0.25, 0.3) is 88.3 Å². The maximum Gasteiger partial charge on any atom is 0.143 e. The molecule has 1 heterocycles. The van der Waals surface area contributed by atoms with Crippen LogP contribution < -0.4 is 4.90 Å². The molecule has 0 atom stereocenters. The van der Waals surface area contributed by atoms with Crippen molar-refractivity contribution in [1.82, 2.24) is 0 Å². The first-order valence-electron chi connectivity index (χ1n) is 27.8. The summed E-state index contributed by atoms with van der Waals surface area (Å²) in [7, 11) is 0. The lowest BCUT2D eigenvalue weighted by Crippen LogP contribution is -2.27. The van der Waals surface area contributed by atoms with Gasteiger partial charge in [-0.05, 0) is 153 Å². The molecule has 2 nitrogen and oxygen atoms in total. The lowest BCUT2D eigenvalue weighted by molar-refractivity contribution is 0.586. The van der Waals surface area contributed by atoms with E-state index in [1.54, 1.807) is 0 Å². The summed E-state index contributed by atoms with van der Waals surface area (Å²) in [4.78, 5) is 2.54. The number of hydrogen-bond acceptors (Lipinski definition) is 2. The van der Waals surface area contributed by atoms with Gasteiger partial charge in [0.2, 0.25) is 0 Å². The Hall–Kier alpha value is -8.72. The highest BCUT2D eigenvalue weighted by Crippen LogP contribution is 2.64. The fourth-order valence-corrected chi connectivity index (χ4v) is 14.1. The Labute approximate surface area is 458 Å². The van der Waals surface area contributed by atoms with Crippen molar-refractivity contribution in [2.45, 2.75) is 77.0 Å². The molecule has 0 N–H and O–H groups in total. The van der Waals surface area contributed by atoms with Gasteiger partial charge in [-0.25, -0.2) is 0 Å². The molecule has 1 aromatic heterocycles. The van der Waals surface area contributed by atoms with Crippen molar-refractivity contribution in [2.75, 3.05) is 4.90 Å². The van der Waals surface area contributed by atoms with Gasteiger partial charge in [-0.1, -0.05) is 237 Å². The van der Waals surface area contributed by atoms with Crippen LogP contribution in [0, 0.1) is 0 Å². The highest BCUT2D eigenvalue weighted by molar-refractivity contribution is 6.19. The molecule has 0 radical (unpaired) electrons. The Morgan fingerprint density at radius 3 is 1.63 bits per heavy atom. The Morgan fingerprint density at radius 1 is 0.372 bits per heavy atom. The molecule has 0 bridgehead atoms. The van der Waals surface area contributed by atoms with Crippen LogP contribution in [-0.4, -0.2) is 0 Å². The molecule has 0 saturated heterocycles. The molecule has 1 spiro atoms. The van der Waals surface area contributed by atoms with Crippen molar-refractivity contribution in [3.05, 3.63) is 269 Å². The largest absolute Gasteiger partial charge is 0.455 e. The van der Waals surface area contributed by atoms with Crippen molar-refractivity contribution < 1.29 is 4.42 Å². The Bertz CT molecular complexity index is 4430. The maximum absolute atomic E-state index is 6.71. The molecule has 11 aromatic carbocycles. The summed E-state index contributed by atoms with van der Waals surface area (Å²) in [5.41, 5.74) is 27.7. The van der Waals surface area contributed by atoms with Crippen LogP contribution >= 0.6 is 0 Å². The zero-order valence-corrected chi connectivity index (χ0v) is 45.7. The highest BCUT2D eigenvalue weighted by atomic mass is 16.3. The van der Waals surface area contributed by atoms with E-state index in [1.165, 1.54) is 94.4 Å². The Balaban J connectivity index is 0.984. The van der Waals surface area contributed by atoms with Gasteiger partial charge >= 0.3 is 0 Å². The molecule has 0 fully saturated rings. The molecular formula is C76H61NO. The van der Waals surface area contributed by atoms with Crippen LogP contribution in [0.5, 0.6) is 0 Å². The Kier molecular flexibility index (Phi) is 9.79. The van der Waals surface area contributed by atoms with E-state index in [1.807, 2.05) is 0 Å². The summed E-state index contributed by atoms with van der Waals surface area (Å²) in [6, 6.07) is 85.1. The summed E-state index contributed by atoms with van der Waals surface area (Å²) in [6.45, 7) is 18.8. The van der Waals surface area contributed by atoms with Gasteiger partial charge in [-0.2, -0.15) is 0 Å². The van der Waals surface area contributed by atoms with Crippen molar-refractivity contribution in [3.63, 3.8) is 0 Å². The fourth-order valence-electron chi connectivity index (χ4n) is 14.1. The van der Waals surface area contributed by atoms with Gasteiger partial charge in [0.25, 0.3) is 0 Å². The summed E-state index contributed by atoms with van der Waals surface area (Å²) in [5, 5.41) is 4.58. The van der Waals surface area contributed by atoms with Crippen LogP contribution in [0.2, 0.25) is 0 Å². The topological polar surface area (TPSA) is 16.4 Å². The van der Waals surface area contributed by atoms with Gasteiger partial charge in [0.05, 0.1) is 11.1 Å². The minimum atomic E-state index is -0.558. The first-order valence-corrected chi connectivity index (χ1v) is 27.8. The molecule has 0 saturated carbocycles. The van der Waals surface area contributed by atoms with Crippen molar-refractivity contribution in [1.29, 1.82) is 0 Å². The fraction of sp³-hybridized carbons (Fsp3) is 0.158. The SMILES string of the molecule is CC(C)(C)c1ccc2c(c1)C1(c3ccccc3-c3ccc(N(c4ccc(-c5cccc6oc7c8ccccc8ccc7c56)cc4)c4ccccc4-c4cccc5c4-c4ccccc4C5(C)C)cc31)c1cc(C(C)(C)C)ccc1-2. The maximum atomic E-state index is 6.71. The van der Waals surface area contributed by atoms with Gasteiger partial charge in [0.15, 0.2) is 0 Å². The number of para-hydroxylation sites is 1. The zero-order chi connectivity index (χ0) is 53.0. The normalized spacial score (nSPS) is 14.4. The number of hydrogen-bond donors (Lipinski definition) is 0. The van der Waals surface area contributed by atoms with E-state index in [0.29, 0.717) is 0 Å². The summed E-state index contributed by atoms with van der Waals surface area (Å²) < 4.78 is 6.71. The summed E-state index contributed by atoms with van der Waals surface area (Å²) >= 11 is 0. The van der Waals surface area contributed by atoms with E-state index in [9.17, 15) is 0 Å². The lowest BCUT2D eigenvalue weighted by Gasteiger charge is -2.34. The minimum Gasteiger partial charge on any atom is -0.455 e. The number of benzene rings is 11. The molecule has 376 valence electrons. The first kappa shape index (κ1) is 46.6. The first-order chi connectivity index (χ1) is 37.7. The van der Waals surface area contributed by atoms with Gasteiger partial charge in [0, 0.05) is 38.5 Å². The average molecular weight is 1000 g/mol. The molecular weight excluding hydrogens is 943 g/mol. The Morgan fingerprint density at radius 2 is 0.910 bits per heavy atom. The van der Waals surface area contributed by atoms with Gasteiger partial charge in [0.1, 0.15) is 11.2 Å². The second-order valence-electron chi connectivity index (χ2n) is 24.8. The number of fused-ring (bicyclic) bond motifs is 18. The smallest absolute Gasteiger partial charge is 0.143 e. The third kappa shape index (κ3) is 6.50. The molecule has 15 rings (SSSR count). The van der Waals surface area contributed by atoms with Crippen LogP contribution in [-0.2, 0) is 21.7 Å². The number of anilines is 3. The van der Waals surface area contributed by atoms with E-state index in [-0.39, 0.29) is 16.2 Å². The molecule has 0 aliphatic heterocycles. The molecule has 3 aliphatic rings. The van der Waals surface area contributed by atoms with Crippen LogP contribution in [0.1, 0.15) is 99.9 Å². The summed E-state index contributed by atoms with van der Waals surface area (Å²) in [6.07, 6.45) is 0. The zero-order valence-electron chi connectivity index (χ0n) is 45.7. The minimum absolute atomic E-state index is 0.0466. The summed E-state index contributed by atoms with van der Waals surface area (Å²) in [5.74, 6) is 0. The van der Waals surface area contributed by atoms with Crippen LogP contribution in [0.3, 0.4) is 0 Å². The molecule has 2 heteroatoms. The van der Waals surface area contributed by atoms with Crippen LogP contribution in [0.15, 0.2) is 229 Å². The number of rotatable bonds is 5. The van der Waals surface area contributed by atoms with Crippen molar-refractivity contribution in [2.24, 2.45) is 0 Å². The third-order valence-corrected chi connectivity index (χ3v) is 18.0. The monoisotopic (exact) mass is 1000 g/mol. The van der Waals surface area contributed by atoms with E-state index in [0.717, 1.165) is 55.5 Å². The highest BCUT2D eigenvalue weighted by Gasteiger charge is 2.52. The second-order valence-corrected chi connectivity index (χ2v) is 24.8. The van der Waals surface area contributed by atoms with Gasteiger partial charge in [-0.15, -0.1) is 0 Å². The van der Waals surface area contributed by atoms with Gasteiger partial charge in [-0.3, -0.25) is 0 Å². The van der Waals surface area contributed by atoms with Crippen LogP contribution in [0.4, 0.5) is 17.1 Å². The van der Waals surface area contributed by atoms with Crippen molar-refractivity contribution >= 4 is 49.8 Å². The van der Waals surface area contributed by atoms with E-state index >= 15 is 0 Å². The molecule has 12 aromatic rings. The molecule has 0 unspecified atom stereocenters. The van der Waals surface area contributed by atoms with E-state index < -0.39 is 5.41 Å². The second kappa shape index (κ2) is 16.4. The van der Waals surface area contributed by atoms with E-state index in [2.05, 4.69) is 285 Å². The third-order valence-electron chi connectivity index (χ3n) is 18.0. The quantitative estimate of drug-likeness (QED) is 0.171. The average Bonchev–Trinajstić information content (AvgIpc) is 3.61. The molecule has 78 heavy (non-hydrogen) atoms. The number of furan rings is 1. The number of nitrogens with zero attached hydrogens (tertiary/aromatic N) is 1. The molecule has 3 aliphatic carbocycles. The molecule has 0 amide bonds. The lowest BCUT2D eigenvalue weighted by atomic mass is 9.68. The van der Waals surface area contributed by atoms with Crippen molar-refractivity contribution in [3.8, 4) is 55.6 Å². The van der Waals surface area contributed by atoms with Gasteiger partial charge < -0.3 is 9.32 Å². The standard InChI is InChI=1S/C76H61NO/c1-73(2,3)48-34-40-55-56-41-35-49(74(4,5)6)44-66(56)76(65(55)43-48)63-27-15-11-21-54(63)57-42-38-51(45-67(57)76)77(68-29-16-13-22-58(68)59-25-17-28-64-70(59)60-23-12-14-26-62(60)75(64,7)8)50-36-31-47(32-37-50)52-24-18-30-69-71(52)61-39-33-46-19-9-10-20-53(46)72(61)78-69/h9-45H,1-8H3. The predicted octanol–water partition coefficient (Wildman–Crippen LogP) is 20.8. The predicted molar refractivity (Wildman–Crippen MR) is 328 cm³/mol.